The van der Waals surface area contributed by atoms with Crippen LogP contribution in [0.5, 0.6) is 0 Å². The molecule has 4 nitrogen and oxygen atoms in total. The minimum Gasteiger partial charge on any atom is -0.372 e. The van der Waals surface area contributed by atoms with Crippen molar-refractivity contribution in [3.05, 3.63) is 22.8 Å². The summed E-state index contributed by atoms with van der Waals surface area (Å²) in [6.45, 7) is 0. The Morgan fingerprint density at radius 1 is 1.75 bits per heavy atom. The van der Waals surface area contributed by atoms with Crippen LogP contribution in [0.1, 0.15) is 10.4 Å². The van der Waals surface area contributed by atoms with Crippen molar-refractivity contribution < 1.29 is 4.79 Å². The van der Waals surface area contributed by atoms with Crippen LogP contribution < -0.4 is 11.1 Å². The van der Waals surface area contributed by atoms with Crippen molar-refractivity contribution in [1.82, 2.24) is 4.98 Å². The third kappa shape index (κ3) is 1.65. The zero-order chi connectivity index (χ0) is 9.14. The first-order valence-corrected chi connectivity index (χ1v) is 3.66. The van der Waals surface area contributed by atoms with Crippen LogP contribution in [0.2, 0.25) is 5.02 Å². The Kier molecular flexibility index (Phi) is 2.50. The van der Waals surface area contributed by atoms with E-state index in [0.29, 0.717) is 16.4 Å². The smallest absolute Gasteiger partial charge is 0.250 e. The fraction of sp³-hybridized carbons (Fsp3) is 0.143. The highest BCUT2D eigenvalue weighted by Gasteiger charge is 2.04. The number of pyridine rings is 1. The van der Waals surface area contributed by atoms with Gasteiger partial charge in [0.1, 0.15) is 5.82 Å². The van der Waals surface area contributed by atoms with Crippen molar-refractivity contribution >= 4 is 23.3 Å². The van der Waals surface area contributed by atoms with E-state index in [9.17, 15) is 4.79 Å². The molecule has 0 fully saturated rings. The van der Waals surface area contributed by atoms with Crippen LogP contribution in [0.15, 0.2) is 12.3 Å². The van der Waals surface area contributed by atoms with Gasteiger partial charge in [-0.05, 0) is 6.07 Å². The number of carbonyl (C=O) groups is 1. The van der Waals surface area contributed by atoms with Crippen molar-refractivity contribution in [2.45, 2.75) is 0 Å². The van der Waals surface area contributed by atoms with Gasteiger partial charge in [0.05, 0.1) is 10.6 Å². The Morgan fingerprint density at radius 3 is 2.83 bits per heavy atom. The number of nitrogens with one attached hydrogen (secondary N) is 1. The van der Waals surface area contributed by atoms with E-state index in [-0.39, 0.29) is 0 Å². The molecule has 0 atom stereocenters. The van der Waals surface area contributed by atoms with Crippen molar-refractivity contribution in [2.24, 2.45) is 5.73 Å². The summed E-state index contributed by atoms with van der Waals surface area (Å²) in [5.74, 6) is -0.00582. The minimum atomic E-state index is -0.535. The molecule has 0 radical (unpaired) electrons. The van der Waals surface area contributed by atoms with E-state index >= 15 is 0 Å². The van der Waals surface area contributed by atoms with Crippen LogP contribution in [-0.4, -0.2) is 17.9 Å². The number of halogens is 1. The zero-order valence-corrected chi connectivity index (χ0v) is 7.22. The van der Waals surface area contributed by atoms with Crippen molar-refractivity contribution in [2.75, 3.05) is 12.4 Å². The summed E-state index contributed by atoms with van der Waals surface area (Å²) in [5.41, 5.74) is 5.32. The van der Waals surface area contributed by atoms with Gasteiger partial charge in [0.25, 0.3) is 0 Å². The van der Waals surface area contributed by atoms with Crippen molar-refractivity contribution in [3.63, 3.8) is 0 Å². The van der Waals surface area contributed by atoms with Crippen LogP contribution in [0.3, 0.4) is 0 Å². The first kappa shape index (κ1) is 8.80. The number of nitrogens with zero attached hydrogens (tertiary/aromatic N) is 1. The van der Waals surface area contributed by atoms with Gasteiger partial charge in [0, 0.05) is 13.2 Å². The summed E-state index contributed by atoms with van der Waals surface area (Å²) in [6, 6.07) is 1.47. The van der Waals surface area contributed by atoms with Gasteiger partial charge < -0.3 is 11.1 Å². The second kappa shape index (κ2) is 3.40. The molecule has 1 rings (SSSR count). The van der Waals surface area contributed by atoms with E-state index in [1.165, 1.54) is 12.3 Å². The number of hydrogen-bond donors (Lipinski definition) is 2. The first-order chi connectivity index (χ1) is 5.65. The van der Waals surface area contributed by atoms with E-state index in [4.69, 9.17) is 17.3 Å². The molecule has 0 aliphatic carbocycles. The standard InChI is InChI=1S/C7H8ClN3O/c1-10-7-5(8)2-4(3-11-7)6(9)12/h2-3H,1H3,(H2,9,12)(H,10,11). The molecule has 0 aliphatic heterocycles. The van der Waals surface area contributed by atoms with Gasteiger partial charge in [-0.1, -0.05) is 11.6 Å². The number of anilines is 1. The molecule has 3 N–H and O–H groups in total. The van der Waals surface area contributed by atoms with Crippen LogP contribution >= 0.6 is 11.6 Å². The molecule has 0 aliphatic rings. The molecule has 12 heavy (non-hydrogen) atoms. The SMILES string of the molecule is CNc1ncc(C(N)=O)cc1Cl. The lowest BCUT2D eigenvalue weighted by atomic mass is 10.3. The zero-order valence-electron chi connectivity index (χ0n) is 6.47. The molecule has 0 saturated heterocycles. The summed E-state index contributed by atoms with van der Waals surface area (Å²) in [5, 5.41) is 3.15. The highest BCUT2D eigenvalue weighted by atomic mass is 35.5. The van der Waals surface area contributed by atoms with Gasteiger partial charge in [-0.3, -0.25) is 4.79 Å². The van der Waals surface area contributed by atoms with Crippen LogP contribution in [0, 0.1) is 0 Å². The van der Waals surface area contributed by atoms with Gasteiger partial charge in [-0.25, -0.2) is 4.98 Å². The molecule has 0 bridgehead atoms. The van der Waals surface area contributed by atoms with Gasteiger partial charge in [-0.15, -0.1) is 0 Å². The summed E-state index contributed by atoms with van der Waals surface area (Å²) in [6.07, 6.45) is 1.38. The third-order valence-corrected chi connectivity index (χ3v) is 1.65. The van der Waals surface area contributed by atoms with E-state index < -0.39 is 5.91 Å². The maximum Gasteiger partial charge on any atom is 0.250 e. The predicted octanol–water partition coefficient (Wildman–Crippen LogP) is 0.876. The highest BCUT2D eigenvalue weighted by Crippen LogP contribution is 2.18. The summed E-state index contributed by atoms with van der Waals surface area (Å²) >= 11 is 5.74. The number of amides is 1. The molecule has 64 valence electrons. The Bertz CT molecular complexity index is 314. The lowest BCUT2D eigenvalue weighted by Gasteiger charge is -2.02. The average Bonchev–Trinajstić information content (AvgIpc) is 2.04. The molecule has 1 aromatic rings. The number of carbonyl (C=O) groups excluding carboxylic acids is 1. The number of rotatable bonds is 2. The monoisotopic (exact) mass is 185 g/mol. The lowest BCUT2D eigenvalue weighted by molar-refractivity contribution is 0.1000. The summed E-state index contributed by atoms with van der Waals surface area (Å²) in [7, 11) is 1.69. The number of hydrogen-bond acceptors (Lipinski definition) is 3. The Hall–Kier alpha value is -1.29. The minimum absolute atomic E-state index is 0.305. The Balaban J connectivity index is 3.10. The molecular weight excluding hydrogens is 178 g/mol. The Morgan fingerprint density at radius 2 is 2.42 bits per heavy atom. The number of aromatic nitrogens is 1. The maximum absolute atomic E-state index is 10.7. The second-order valence-electron chi connectivity index (χ2n) is 2.17. The van der Waals surface area contributed by atoms with Crippen molar-refractivity contribution in [1.29, 1.82) is 0 Å². The third-order valence-electron chi connectivity index (χ3n) is 1.36. The van der Waals surface area contributed by atoms with Crippen LogP contribution in [-0.2, 0) is 0 Å². The molecule has 0 spiro atoms. The summed E-state index contributed by atoms with van der Waals surface area (Å²) < 4.78 is 0. The highest BCUT2D eigenvalue weighted by molar-refractivity contribution is 6.33. The first-order valence-electron chi connectivity index (χ1n) is 3.28. The van der Waals surface area contributed by atoms with E-state index in [1.807, 2.05) is 0 Å². The molecule has 5 heteroatoms. The van der Waals surface area contributed by atoms with Gasteiger partial charge >= 0.3 is 0 Å². The topological polar surface area (TPSA) is 68.0 Å². The van der Waals surface area contributed by atoms with Crippen LogP contribution in [0.4, 0.5) is 5.82 Å². The van der Waals surface area contributed by atoms with Crippen molar-refractivity contribution in [3.8, 4) is 0 Å². The molecule has 0 saturated carbocycles. The normalized spacial score (nSPS) is 9.50. The summed E-state index contributed by atoms with van der Waals surface area (Å²) in [4.78, 5) is 14.5. The van der Waals surface area contributed by atoms with Gasteiger partial charge in [-0.2, -0.15) is 0 Å². The molecule has 0 aromatic carbocycles. The fourth-order valence-electron chi connectivity index (χ4n) is 0.757. The maximum atomic E-state index is 10.7. The van der Waals surface area contributed by atoms with Gasteiger partial charge in [0.2, 0.25) is 5.91 Å². The molecular formula is C7H8ClN3O. The van der Waals surface area contributed by atoms with Crippen LogP contribution in [0.25, 0.3) is 0 Å². The van der Waals surface area contributed by atoms with E-state index in [1.54, 1.807) is 7.05 Å². The molecule has 1 amide bonds. The quantitative estimate of drug-likeness (QED) is 0.719. The largest absolute Gasteiger partial charge is 0.372 e. The second-order valence-corrected chi connectivity index (χ2v) is 2.58. The molecule has 1 heterocycles. The number of primary amides is 1. The molecule has 1 aromatic heterocycles. The average molecular weight is 186 g/mol. The fourth-order valence-corrected chi connectivity index (χ4v) is 1.02. The number of nitrogens with two attached hydrogens (primary N) is 1. The van der Waals surface area contributed by atoms with Gasteiger partial charge in [0.15, 0.2) is 0 Å². The van der Waals surface area contributed by atoms with E-state index in [0.717, 1.165) is 0 Å². The Labute approximate surface area is 74.7 Å². The predicted molar refractivity (Wildman–Crippen MR) is 47.3 cm³/mol. The van der Waals surface area contributed by atoms with E-state index in [2.05, 4.69) is 10.3 Å². The molecule has 0 unspecified atom stereocenters. The lowest BCUT2D eigenvalue weighted by Crippen LogP contribution is -2.11.